The van der Waals surface area contributed by atoms with Crippen LogP contribution in [0, 0.1) is 0 Å². The fourth-order valence-electron chi connectivity index (χ4n) is 5.16. The molecule has 7 N–H and O–H groups in total. The fraction of sp³-hybridized carbons (Fsp3) is 0.438. The van der Waals surface area contributed by atoms with Crippen molar-refractivity contribution in [3.05, 3.63) is 95.8 Å². The number of aliphatic hydroxyl groups excluding tert-OH is 3. The van der Waals surface area contributed by atoms with Crippen LogP contribution in [0.1, 0.15) is 23.5 Å². The second-order valence-electron chi connectivity index (χ2n) is 11.6. The van der Waals surface area contributed by atoms with Crippen LogP contribution in [0.25, 0.3) is 0 Å². The smallest absolute Gasteiger partial charge is 0.464 e. The zero-order chi connectivity index (χ0) is 40.3. The SMILES string of the molecule is C=CCOP(=O)(OCC=C)C(OP(=O)(O)OC[C@H]1O[C@@H](n2ccc(N)nc2=O)[C@H](O)[C@@H]1O)C1=C[C@H](OC(=O)c2ccccc2)[C@@H](NC(C)=O)[C@H](OCCO)O1. The van der Waals surface area contributed by atoms with Gasteiger partial charge in [0.2, 0.25) is 18.0 Å². The number of carbonyl (C=O) groups is 2. The number of nitrogens with two attached hydrogens (primary N) is 1. The highest BCUT2D eigenvalue weighted by atomic mass is 31.2. The van der Waals surface area contributed by atoms with Crippen molar-refractivity contribution in [2.45, 2.75) is 55.7 Å². The van der Waals surface area contributed by atoms with Gasteiger partial charge >= 0.3 is 27.1 Å². The summed E-state index contributed by atoms with van der Waals surface area (Å²) in [6, 6.07) is 7.60. The second kappa shape index (κ2) is 19.7. The van der Waals surface area contributed by atoms with E-state index in [0.717, 1.165) is 23.8 Å². The van der Waals surface area contributed by atoms with E-state index < -0.39 is 121 Å². The fourth-order valence-corrected chi connectivity index (χ4v) is 8.17. The molecule has 9 atom stereocenters. The van der Waals surface area contributed by atoms with Crippen LogP contribution in [-0.2, 0) is 51.0 Å². The van der Waals surface area contributed by atoms with Crippen molar-refractivity contribution in [2.75, 3.05) is 38.8 Å². The first-order chi connectivity index (χ1) is 26.1. The molecular formula is C32H42N4O17P2. The maximum absolute atomic E-state index is 14.5. The normalized spacial score (nSPS) is 25.5. The van der Waals surface area contributed by atoms with Crippen LogP contribution in [0.4, 0.5) is 5.82 Å². The lowest BCUT2D eigenvalue weighted by Gasteiger charge is -2.39. The number of phosphoric acid groups is 1. The Kier molecular flexibility index (Phi) is 15.6. The van der Waals surface area contributed by atoms with Crippen molar-refractivity contribution in [1.82, 2.24) is 14.9 Å². The number of ether oxygens (including phenoxy) is 4. The van der Waals surface area contributed by atoms with Crippen molar-refractivity contribution >= 4 is 33.1 Å². The van der Waals surface area contributed by atoms with E-state index in [4.69, 9.17) is 42.8 Å². The number of nitrogen functional groups attached to an aromatic ring is 1. The van der Waals surface area contributed by atoms with E-state index in [2.05, 4.69) is 23.5 Å². The Bertz CT molecular complexity index is 1830. The van der Waals surface area contributed by atoms with Crippen molar-refractivity contribution in [1.29, 1.82) is 0 Å². The van der Waals surface area contributed by atoms with Crippen molar-refractivity contribution in [2.24, 2.45) is 0 Å². The summed E-state index contributed by atoms with van der Waals surface area (Å²) >= 11 is 0. The van der Waals surface area contributed by atoms with Crippen molar-refractivity contribution in [3.63, 3.8) is 0 Å². The van der Waals surface area contributed by atoms with Crippen molar-refractivity contribution < 1.29 is 76.0 Å². The number of aliphatic hydroxyl groups is 3. The largest absolute Gasteiger partial charge is 0.473 e. The molecule has 0 spiro atoms. The molecule has 1 aromatic heterocycles. The third-order valence-electron chi connectivity index (χ3n) is 7.60. The maximum atomic E-state index is 14.5. The zero-order valence-electron chi connectivity index (χ0n) is 29.3. The minimum absolute atomic E-state index is 0.0925. The van der Waals surface area contributed by atoms with E-state index >= 15 is 0 Å². The number of benzene rings is 1. The first kappa shape index (κ1) is 43.6. The molecular weight excluding hydrogens is 774 g/mol. The molecule has 302 valence electrons. The molecule has 0 bridgehead atoms. The number of esters is 1. The number of aromatic nitrogens is 2. The van der Waals surface area contributed by atoms with Gasteiger partial charge in [-0.1, -0.05) is 30.4 Å². The minimum atomic E-state index is -5.49. The van der Waals surface area contributed by atoms with Crippen LogP contribution in [0.3, 0.4) is 0 Å². The summed E-state index contributed by atoms with van der Waals surface area (Å²) in [4.78, 5) is 52.4. The van der Waals surface area contributed by atoms with Gasteiger partial charge in [-0.15, -0.1) is 13.2 Å². The number of nitrogens with zero attached hydrogens (tertiary/aromatic N) is 2. The molecule has 55 heavy (non-hydrogen) atoms. The minimum Gasteiger partial charge on any atom is -0.464 e. The lowest BCUT2D eigenvalue weighted by atomic mass is 10.1. The summed E-state index contributed by atoms with van der Waals surface area (Å²) in [5.41, 5.74) is 4.67. The van der Waals surface area contributed by atoms with Gasteiger partial charge in [0.25, 0.3) is 0 Å². The highest BCUT2D eigenvalue weighted by Crippen LogP contribution is 2.62. The molecule has 0 aliphatic carbocycles. The first-order valence-electron chi connectivity index (χ1n) is 16.4. The van der Waals surface area contributed by atoms with Gasteiger partial charge < -0.3 is 59.3 Å². The van der Waals surface area contributed by atoms with E-state index in [9.17, 15) is 43.7 Å². The molecule has 2 aromatic rings. The Morgan fingerprint density at radius 2 is 1.76 bits per heavy atom. The third kappa shape index (κ3) is 11.5. The van der Waals surface area contributed by atoms with Gasteiger partial charge in [0.05, 0.1) is 38.6 Å². The summed E-state index contributed by atoms with van der Waals surface area (Å²) in [5, 5.41) is 33.3. The summed E-state index contributed by atoms with van der Waals surface area (Å²) in [7, 11) is -10.3. The van der Waals surface area contributed by atoms with Crippen molar-refractivity contribution in [3.8, 4) is 0 Å². The number of hydrogen-bond donors (Lipinski definition) is 6. The molecule has 0 saturated carbocycles. The summed E-state index contributed by atoms with van der Waals surface area (Å²) in [6.45, 7) is 5.33. The monoisotopic (exact) mass is 816 g/mol. The molecule has 4 rings (SSSR count). The number of rotatable bonds is 20. The summed E-state index contributed by atoms with van der Waals surface area (Å²) in [5.74, 6) is -4.60. The Morgan fingerprint density at radius 3 is 2.36 bits per heavy atom. The predicted octanol–water partition coefficient (Wildman–Crippen LogP) is 0.482. The second-order valence-corrected chi connectivity index (χ2v) is 15.1. The van der Waals surface area contributed by atoms with E-state index in [1.807, 2.05) is 0 Å². The Labute approximate surface area is 314 Å². The molecule has 23 heteroatoms. The van der Waals surface area contributed by atoms with E-state index in [1.165, 1.54) is 30.4 Å². The van der Waals surface area contributed by atoms with E-state index in [-0.39, 0.29) is 11.4 Å². The van der Waals surface area contributed by atoms with Gasteiger partial charge in [-0.05, 0) is 24.3 Å². The van der Waals surface area contributed by atoms with Gasteiger partial charge in [0.15, 0.2) is 12.3 Å². The van der Waals surface area contributed by atoms with Crippen LogP contribution in [-0.4, -0.2) is 117 Å². The molecule has 2 aliphatic rings. The lowest BCUT2D eigenvalue weighted by Crippen LogP contribution is -2.56. The Balaban J connectivity index is 1.71. The first-order valence-corrected chi connectivity index (χ1v) is 19.5. The van der Waals surface area contributed by atoms with Gasteiger partial charge in [-0.2, -0.15) is 4.98 Å². The lowest BCUT2D eigenvalue weighted by molar-refractivity contribution is -0.173. The van der Waals surface area contributed by atoms with Gasteiger partial charge in [-0.25, -0.2) is 14.2 Å². The number of anilines is 1. The molecule has 2 aliphatic heterocycles. The predicted molar refractivity (Wildman–Crippen MR) is 189 cm³/mol. The number of hydrogen-bond acceptors (Lipinski definition) is 18. The van der Waals surface area contributed by atoms with Crippen LogP contribution in [0.5, 0.6) is 0 Å². The Hall–Kier alpha value is -4.08. The van der Waals surface area contributed by atoms with Gasteiger partial charge in [0.1, 0.15) is 35.9 Å². The molecule has 1 aromatic carbocycles. The quantitative estimate of drug-likeness (QED) is 0.0602. The van der Waals surface area contributed by atoms with Gasteiger partial charge in [-0.3, -0.25) is 23.0 Å². The van der Waals surface area contributed by atoms with Gasteiger partial charge in [0, 0.05) is 13.1 Å². The molecule has 2 unspecified atom stereocenters. The molecule has 0 radical (unpaired) electrons. The van der Waals surface area contributed by atoms with E-state index in [0.29, 0.717) is 0 Å². The molecule has 1 saturated heterocycles. The zero-order valence-corrected chi connectivity index (χ0v) is 31.1. The van der Waals surface area contributed by atoms with E-state index in [1.54, 1.807) is 18.2 Å². The van der Waals surface area contributed by atoms with Crippen LogP contribution in [0.15, 0.2) is 84.5 Å². The Morgan fingerprint density at radius 1 is 1.09 bits per heavy atom. The van der Waals surface area contributed by atoms with Crippen LogP contribution >= 0.6 is 15.4 Å². The number of nitrogens with one attached hydrogen (secondary N) is 1. The van der Waals surface area contributed by atoms with Crippen LogP contribution < -0.4 is 16.7 Å². The van der Waals surface area contributed by atoms with Crippen LogP contribution in [0.2, 0.25) is 0 Å². The summed E-state index contributed by atoms with van der Waals surface area (Å²) < 4.78 is 73.1. The number of amides is 1. The average molecular weight is 817 g/mol. The highest BCUT2D eigenvalue weighted by molar-refractivity contribution is 7.56. The maximum Gasteiger partial charge on any atom is 0.473 e. The third-order valence-corrected chi connectivity index (χ3v) is 10.7. The number of phosphoric ester groups is 1. The molecule has 21 nitrogen and oxygen atoms in total. The average Bonchev–Trinajstić information content (AvgIpc) is 3.43. The summed E-state index contributed by atoms with van der Waals surface area (Å²) in [6.07, 6.45) is -5.21. The molecule has 3 heterocycles. The molecule has 1 amide bonds. The molecule has 1 fully saturated rings. The topological polar surface area (TPSA) is 296 Å². The highest BCUT2D eigenvalue weighted by Gasteiger charge is 2.51. The number of carbonyl (C=O) groups excluding carboxylic acids is 2. The standard InChI is InChI=1S/C32H42N4O17P2/c1-4-14-47-54(43,48-15-5-2)31(53-55(44,45)49-18-23-26(39)27(40)28(50-23)36-12-11-24(33)35-32(36)42)22-17-21(51-29(41)20-9-7-6-8-10-20)25(34-19(3)38)30(52-22)46-16-13-37/h4-12,17,21,23,25-28,30-31,37,39-40H,1-2,13-16,18H2,3H3,(H,34,38)(H,44,45)(H2,33,35,42)/t21-,23+,25+,26+,27+,28+,30+,31?/m0/s1.